The molecule has 3 heterocycles. The van der Waals surface area contributed by atoms with E-state index in [1.807, 2.05) is 0 Å². The van der Waals surface area contributed by atoms with Crippen molar-refractivity contribution in [3.63, 3.8) is 0 Å². The van der Waals surface area contributed by atoms with Crippen LogP contribution in [0.5, 0.6) is 5.75 Å². The third-order valence-corrected chi connectivity index (χ3v) is 5.56. The van der Waals surface area contributed by atoms with Gasteiger partial charge in [0.1, 0.15) is 5.75 Å². The van der Waals surface area contributed by atoms with E-state index in [1.54, 1.807) is 29.2 Å². The average molecular weight is 429 g/mol. The quantitative estimate of drug-likeness (QED) is 0.659. The van der Waals surface area contributed by atoms with Gasteiger partial charge in [0, 0.05) is 37.1 Å². The van der Waals surface area contributed by atoms with Crippen LogP contribution in [0.1, 0.15) is 24.7 Å². The van der Waals surface area contributed by atoms with E-state index in [0.717, 1.165) is 12.8 Å². The van der Waals surface area contributed by atoms with Gasteiger partial charge in [0.25, 0.3) is 11.6 Å². The third kappa shape index (κ3) is 3.85. The smallest absolute Gasteiger partial charge is 0.260 e. The van der Waals surface area contributed by atoms with Gasteiger partial charge >= 0.3 is 0 Å². The molecule has 9 nitrogen and oxygen atoms in total. The van der Waals surface area contributed by atoms with Crippen molar-refractivity contribution in [2.45, 2.75) is 18.8 Å². The van der Waals surface area contributed by atoms with Crippen molar-refractivity contribution < 1.29 is 13.9 Å². The van der Waals surface area contributed by atoms with Crippen molar-refractivity contribution in [2.24, 2.45) is 0 Å². The van der Waals surface area contributed by atoms with Crippen molar-refractivity contribution in [1.82, 2.24) is 19.9 Å². The molecule has 5 rings (SSSR count). The minimum Gasteiger partial charge on any atom is -0.484 e. The van der Waals surface area contributed by atoms with Crippen LogP contribution in [0.2, 0.25) is 5.02 Å². The van der Waals surface area contributed by atoms with Crippen LogP contribution in [-0.2, 0) is 4.79 Å². The molecule has 1 aromatic carbocycles. The molecule has 10 heteroatoms. The van der Waals surface area contributed by atoms with E-state index in [2.05, 4.69) is 19.9 Å². The molecular formula is C20H21ClN6O3. The molecule has 1 amide bonds. The van der Waals surface area contributed by atoms with Crippen molar-refractivity contribution >= 4 is 40.5 Å². The minimum atomic E-state index is -0.0607. The van der Waals surface area contributed by atoms with Crippen molar-refractivity contribution in [3.8, 4) is 5.75 Å². The Morgan fingerprint density at radius 2 is 1.87 bits per heavy atom. The molecule has 1 aliphatic carbocycles. The molecule has 2 N–H and O–H groups in total. The highest BCUT2D eigenvalue weighted by molar-refractivity contribution is 6.30. The first-order chi connectivity index (χ1) is 14.6. The van der Waals surface area contributed by atoms with Gasteiger partial charge in [0.15, 0.2) is 17.9 Å². The Labute approximate surface area is 177 Å². The molecule has 0 unspecified atom stereocenters. The highest BCUT2D eigenvalue weighted by Crippen LogP contribution is 2.41. The summed E-state index contributed by atoms with van der Waals surface area (Å²) in [6.07, 6.45) is 2.17. The van der Waals surface area contributed by atoms with Gasteiger partial charge < -0.3 is 24.7 Å². The molecule has 0 radical (unpaired) electrons. The number of ether oxygens (including phenoxy) is 1. The molecule has 3 aromatic rings. The fourth-order valence-electron chi connectivity index (χ4n) is 3.50. The number of amides is 1. The van der Waals surface area contributed by atoms with E-state index >= 15 is 0 Å². The SMILES string of the molecule is Nc1nc(N2CCN(C(=O)COc3ccc(Cl)cc3)CC2)c2nc(C3CC3)oc2n1. The number of carbonyl (C=O) groups is 1. The molecule has 2 aliphatic rings. The Hall–Kier alpha value is -3.07. The minimum absolute atomic E-state index is 0.0135. The second-order valence-electron chi connectivity index (χ2n) is 7.50. The van der Waals surface area contributed by atoms with Gasteiger partial charge in [-0.2, -0.15) is 9.97 Å². The summed E-state index contributed by atoms with van der Waals surface area (Å²) in [5, 5.41) is 0.626. The predicted molar refractivity (Wildman–Crippen MR) is 112 cm³/mol. The molecular weight excluding hydrogens is 408 g/mol. The fourth-order valence-corrected chi connectivity index (χ4v) is 3.63. The number of rotatable bonds is 5. The summed E-state index contributed by atoms with van der Waals surface area (Å²) in [5.41, 5.74) is 6.95. The molecule has 2 fully saturated rings. The van der Waals surface area contributed by atoms with E-state index in [4.69, 9.17) is 26.5 Å². The second kappa shape index (κ2) is 7.64. The van der Waals surface area contributed by atoms with E-state index in [0.29, 0.717) is 65.8 Å². The Bertz CT molecular complexity index is 1070. The first-order valence-electron chi connectivity index (χ1n) is 9.92. The summed E-state index contributed by atoms with van der Waals surface area (Å²) in [6.45, 7) is 2.33. The number of nitrogens with two attached hydrogens (primary N) is 1. The third-order valence-electron chi connectivity index (χ3n) is 5.31. The zero-order valence-electron chi connectivity index (χ0n) is 16.3. The number of hydrogen-bond acceptors (Lipinski definition) is 8. The molecule has 1 aliphatic heterocycles. The number of anilines is 2. The molecule has 30 heavy (non-hydrogen) atoms. The van der Waals surface area contributed by atoms with Crippen LogP contribution in [-0.4, -0.2) is 58.5 Å². The van der Waals surface area contributed by atoms with Crippen LogP contribution < -0.4 is 15.4 Å². The average Bonchev–Trinajstić information content (AvgIpc) is 3.52. The lowest BCUT2D eigenvalue weighted by atomic mass is 10.3. The standard InChI is InChI=1S/C20H21ClN6O3/c21-13-3-5-14(6-4-13)29-11-15(28)26-7-9-27(10-8-26)17-16-19(25-20(22)24-17)30-18(23-16)12-1-2-12/h3-6,12H,1-2,7-11H2,(H2,22,24,25). The molecule has 0 bridgehead atoms. The number of hydrogen-bond donors (Lipinski definition) is 1. The highest BCUT2D eigenvalue weighted by Gasteiger charge is 2.31. The van der Waals surface area contributed by atoms with Crippen LogP contribution >= 0.6 is 11.6 Å². The first kappa shape index (κ1) is 18.9. The summed E-state index contributed by atoms with van der Waals surface area (Å²) in [4.78, 5) is 29.6. The number of benzene rings is 1. The van der Waals surface area contributed by atoms with E-state index in [1.165, 1.54) is 0 Å². The van der Waals surface area contributed by atoms with Gasteiger partial charge in [0.2, 0.25) is 11.8 Å². The van der Waals surface area contributed by atoms with Gasteiger partial charge in [-0.3, -0.25) is 4.79 Å². The summed E-state index contributed by atoms with van der Waals surface area (Å²) in [5.74, 6) is 2.46. The zero-order valence-corrected chi connectivity index (χ0v) is 17.0. The van der Waals surface area contributed by atoms with E-state index < -0.39 is 0 Å². The summed E-state index contributed by atoms with van der Waals surface area (Å²) >= 11 is 5.86. The van der Waals surface area contributed by atoms with Crippen LogP contribution in [0.15, 0.2) is 28.7 Å². The van der Waals surface area contributed by atoms with Crippen molar-refractivity contribution in [3.05, 3.63) is 35.2 Å². The lowest BCUT2D eigenvalue weighted by Gasteiger charge is -2.35. The topological polar surface area (TPSA) is 111 Å². The van der Waals surface area contributed by atoms with Gasteiger partial charge in [-0.1, -0.05) is 11.6 Å². The predicted octanol–water partition coefficient (Wildman–Crippen LogP) is 2.46. The molecule has 2 aromatic heterocycles. The normalized spacial score (nSPS) is 16.8. The Kier molecular flexibility index (Phi) is 4.82. The van der Waals surface area contributed by atoms with Crippen molar-refractivity contribution in [2.75, 3.05) is 43.4 Å². The number of fused-ring (bicyclic) bond motifs is 1. The molecule has 156 valence electrons. The fraction of sp³-hybridized carbons (Fsp3) is 0.400. The van der Waals surface area contributed by atoms with E-state index in [-0.39, 0.29) is 18.5 Å². The number of aromatic nitrogens is 3. The van der Waals surface area contributed by atoms with Crippen LogP contribution in [0, 0.1) is 0 Å². The summed E-state index contributed by atoms with van der Waals surface area (Å²) in [6, 6.07) is 6.94. The maximum atomic E-state index is 12.5. The largest absolute Gasteiger partial charge is 0.484 e. The zero-order chi connectivity index (χ0) is 20.7. The number of piperazine rings is 1. The summed E-state index contributed by atoms with van der Waals surface area (Å²) in [7, 11) is 0. The van der Waals surface area contributed by atoms with Crippen LogP contribution in [0.3, 0.4) is 0 Å². The second-order valence-corrected chi connectivity index (χ2v) is 7.93. The Morgan fingerprint density at radius 3 is 2.57 bits per heavy atom. The number of nitrogen functional groups attached to an aromatic ring is 1. The number of halogens is 1. The number of carbonyl (C=O) groups excluding carboxylic acids is 1. The molecule has 1 saturated heterocycles. The van der Waals surface area contributed by atoms with Crippen molar-refractivity contribution in [1.29, 1.82) is 0 Å². The maximum absolute atomic E-state index is 12.5. The monoisotopic (exact) mass is 428 g/mol. The molecule has 0 atom stereocenters. The van der Waals surface area contributed by atoms with Gasteiger partial charge in [0.05, 0.1) is 0 Å². The summed E-state index contributed by atoms with van der Waals surface area (Å²) < 4.78 is 11.4. The first-order valence-corrected chi connectivity index (χ1v) is 10.3. The Balaban J connectivity index is 1.23. The number of nitrogens with zero attached hydrogens (tertiary/aromatic N) is 5. The van der Waals surface area contributed by atoms with Gasteiger partial charge in [-0.15, -0.1) is 0 Å². The molecule has 0 spiro atoms. The lowest BCUT2D eigenvalue weighted by Crippen LogP contribution is -2.50. The van der Waals surface area contributed by atoms with Gasteiger partial charge in [-0.05, 0) is 37.1 Å². The number of oxazole rings is 1. The van der Waals surface area contributed by atoms with E-state index in [9.17, 15) is 4.79 Å². The van der Waals surface area contributed by atoms with Gasteiger partial charge in [-0.25, -0.2) is 4.98 Å². The molecule has 1 saturated carbocycles. The Morgan fingerprint density at radius 1 is 1.13 bits per heavy atom. The maximum Gasteiger partial charge on any atom is 0.260 e. The highest BCUT2D eigenvalue weighted by atomic mass is 35.5. The van der Waals surface area contributed by atoms with Crippen LogP contribution in [0.25, 0.3) is 11.2 Å². The lowest BCUT2D eigenvalue weighted by molar-refractivity contribution is -0.133. The van der Waals surface area contributed by atoms with Crippen LogP contribution in [0.4, 0.5) is 11.8 Å².